The first-order chi connectivity index (χ1) is 8.72. The Labute approximate surface area is 109 Å². The summed E-state index contributed by atoms with van der Waals surface area (Å²) in [6.45, 7) is 6.53. The normalized spacial score (nSPS) is 27.8. The van der Waals surface area contributed by atoms with Gasteiger partial charge in [-0.1, -0.05) is 6.92 Å². The lowest BCUT2D eigenvalue weighted by atomic mass is 10.1. The molecule has 0 aromatic carbocycles. The van der Waals surface area contributed by atoms with Crippen LogP contribution in [-0.2, 0) is 6.54 Å². The predicted octanol–water partition coefficient (Wildman–Crippen LogP) is 1.96. The molecule has 1 aliphatic carbocycles. The third kappa shape index (κ3) is 2.64. The number of hydrogen-bond donors (Lipinski definition) is 1. The van der Waals surface area contributed by atoms with Crippen molar-refractivity contribution in [1.29, 1.82) is 0 Å². The van der Waals surface area contributed by atoms with Crippen molar-refractivity contribution < 1.29 is 0 Å². The lowest BCUT2D eigenvalue weighted by Gasteiger charge is -2.21. The summed E-state index contributed by atoms with van der Waals surface area (Å²) >= 11 is 0. The van der Waals surface area contributed by atoms with E-state index in [1.807, 2.05) is 0 Å². The van der Waals surface area contributed by atoms with Crippen LogP contribution in [0.1, 0.15) is 38.8 Å². The van der Waals surface area contributed by atoms with Crippen LogP contribution in [0.15, 0.2) is 12.1 Å². The zero-order valence-corrected chi connectivity index (χ0v) is 11.3. The maximum Gasteiger partial charge on any atom is 0.151 e. The van der Waals surface area contributed by atoms with Crippen LogP contribution in [0.3, 0.4) is 0 Å². The van der Waals surface area contributed by atoms with Crippen molar-refractivity contribution in [3.05, 3.63) is 17.8 Å². The molecule has 0 spiro atoms. The van der Waals surface area contributed by atoms with E-state index in [0.717, 1.165) is 36.6 Å². The Bertz CT molecular complexity index is 399. The molecule has 98 valence electrons. The molecule has 4 nitrogen and oxygen atoms in total. The minimum atomic E-state index is 0.588. The maximum atomic E-state index is 4.38. The van der Waals surface area contributed by atoms with E-state index in [0.29, 0.717) is 6.04 Å². The van der Waals surface area contributed by atoms with Crippen LogP contribution < -0.4 is 10.2 Å². The highest BCUT2D eigenvalue weighted by molar-refractivity contribution is 5.40. The standard InChI is InChI=1S/C14H22N4/c1-10-7-11(2)18(9-10)14-6-5-13(16-17-14)8-15-12-3-4-12/h5-6,10-12,15H,3-4,7-9H2,1-2H3. The molecule has 18 heavy (non-hydrogen) atoms. The average Bonchev–Trinajstić information content (AvgIpc) is 3.13. The summed E-state index contributed by atoms with van der Waals surface area (Å²) in [5.74, 6) is 1.79. The van der Waals surface area contributed by atoms with Crippen molar-refractivity contribution >= 4 is 5.82 Å². The van der Waals surface area contributed by atoms with Gasteiger partial charge in [0, 0.05) is 25.2 Å². The van der Waals surface area contributed by atoms with Crippen LogP contribution in [-0.4, -0.2) is 28.8 Å². The maximum absolute atomic E-state index is 4.38. The van der Waals surface area contributed by atoms with Gasteiger partial charge < -0.3 is 10.2 Å². The van der Waals surface area contributed by atoms with E-state index in [2.05, 4.69) is 46.4 Å². The number of hydrogen-bond acceptors (Lipinski definition) is 4. The van der Waals surface area contributed by atoms with E-state index < -0.39 is 0 Å². The lowest BCUT2D eigenvalue weighted by Crippen LogP contribution is -2.28. The minimum Gasteiger partial charge on any atom is -0.352 e. The fraction of sp³-hybridized carbons (Fsp3) is 0.714. The summed E-state index contributed by atoms with van der Waals surface area (Å²) < 4.78 is 0. The third-order valence-corrected chi connectivity index (χ3v) is 3.93. The third-order valence-electron chi connectivity index (χ3n) is 3.93. The number of aromatic nitrogens is 2. The second-order valence-electron chi connectivity index (χ2n) is 5.88. The van der Waals surface area contributed by atoms with Crippen molar-refractivity contribution in [3.8, 4) is 0 Å². The molecule has 1 aromatic rings. The molecule has 0 bridgehead atoms. The van der Waals surface area contributed by atoms with Gasteiger partial charge in [-0.15, -0.1) is 5.10 Å². The van der Waals surface area contributed by atoms with Crippen LogP contribution in [0.4, 0.5) is 5.82 Å². The molecule has 1 saturated carbocycles. The quantitative estimate of drug-likeness (QED) is 0.882. The fourth-order valence-corrected chi connectivity index (χ4v) is 2.76. The highest BCUT2D eigenvalue weighted by atomic mass is 15.3. The zero-order chi connectivity index (χ0) is 12.5. The van der Waals surface area contributed by atoms with Crippen molar-refractivity contribution in [1.82, 2.24) is 15.5 Å². The fourth-order valence-electron chi connectivity index (χ4n) is 2.76. The van der Waals surface area contributed by atoms with Crippen LogP contribution in [0.25, 0.3) is 0 Å². The van der Waals surface area contributed by atoms with Gasteiger partial charge in [0.15, 0.2) is 5.82 Å². The van der Waals surface area contributed by atoms with Crippen molar-refractivity contribution in [2.24, 2.45) is 5.92 Å². The number of anilines is 1. The molecular formula is C14H22N4. The van der Waals surface area contributed by atoms with E-state index in [-0.39, 0.29) is 0 Å². The molecule has 0 radical (unpaired) electrons. The van der Waals surface area contributed by atoms with Crippen molar-refractivity contribution in [2.75, 3.05) is 11.4 Å². The van der Waals surface area contributed by atoms with Gasteiger partial charge in [-0.05, 0) is 44.2 Å². The summed E-state index contributed by atoms with van der Waals surface area (Å²) in [6, 6.07) is 5.54. The molecule has 1 aromatic heterocycles. The van der Waals surface area contributed by atoms with E-state index in [9.17, 15) is 0 Å². The molecule has 1 aliphatic heterocycles. The Kier molecular flexibility index (Phi) is 3.20. The number of rotatable bonds is 4. The van der Waals surface area contributed by atoms with Gasteiger partial charge in [0.1, 0.15) is 0 Å². The molecule has 2 fully saturated rings. The topological polar surface area (TPSA) is 41.0 Å². The number of nitrogens with one attached hydrogen (secondary N) is 1. The monoisotopic (exact) mass is 246 g/mol. The van der Waals surface area contributed by atoms with E-state index in [1.165, 1.54) is 19.3 Å². The van der Waals surface area contributed by atoms with Gasteiger partial charge in [-0.2, -0.15) is 5.10 Å². The summed E-state index contributed by atoms with van der Waals surface area (Å²) in [5.41, 5.74) is 1.05. The zero-order valence-electron chi connectivity index (χ0n) is 11.3. The van der Waals surface area contributed by atoms with E-state index in [1.54, 1.807) is 0 Å². The highest BCUT2D eigenvalue weighted by Gasteiger charge is 2.27. The SMILES string of the molecule is CC1CC(C)N(c2ccc(CNC3CC3)nn2)C1. The van der Waals surface area contributed by atoms with Crippen LogP contribution >= 0.6 is 0 Å². The Balaban J connectivity index is 1.62. The first-order valence-electron chi connectivity index (χ1n) is 7.05. The van der Waals surface area contributed by atoms with Gasteiger partial charge >= 0.3 is 0 Å². The molecule has 2 heterocycles. The largest absolute Gasteiger partial charge is 0.352 e. The van der Waals surface area contributed by atoms with Crippen LogP contribution in [0.5, 0.6) is 0 Å². The molecule has 1 N–H and O–H groups in total. The Morgan fingerprint density at radius 3 is 2.67 bits per heavy atom. The van der Waals surface area contributed by atoms with Crippen LogP contribution in [0.2, 0.25) is 0 Å². The van der Waals surface area contributed by atoms with E-state index in [4.69, 9.17) is 0 Å². The Morgan fingerprint density at radius 1 is 1.28 bits per heavy atom. The first-order valence-corrected chi connectivity index (χ1v) is 7.05. The van der Waals surface area contributed by atoms with Crippen LogP contribution in [0, 0.1) is 5.92 Å². The molecule has 4 heteroatoms. The van der Waals surface area contributed by atoms with Gasteiger partial charge in [-0.25, -0.2) is 0 Å². The summed E-state index contributed by atoms with van der Waals surface area (Å²) in [5, 5.41) is 12.2. The highest BCUT2D eigenvalue weighted by Crippen LogP contribution is 2.26. The van der Waals surface area contributed by atoms with Gasteiger partial charge in [0.25, 0.3) is 0 Å². The number of nitrogens with zero attached hydrogens (tertiary/aromatic N) is 3. The molecular weight excluding hydrogens is 224 g/mol. The summed E-state index contributed by atoms with van der Waals surface area (Å²) in [7, 11) is 0. The first kappa shape index (κ1) is 11.9. The Morgan fingerprint density at radius 2 is 2.11 bits per heavy atom. The van der Waals surface area contributed by atoms with Gasteiger partial charge in [-0.3, -0.25) is 0 Å². The molecule has 2 aliphatic rings. The molecule has 2 unspecified atom stereocenters. The average molecular weight is 246 g/mol. The second-order valence-corrected chi connectivity index (χ2v) is 5.88. The summed E-state index contributed by atoms with van der Waals surface area (Å²) in [4.78, 5) is 2.37. The smallest absolute Gasteiger partial charge is 0.151 e. The summed E-state index contributed by atoms with van der Waals surface area (Å²) in [6.07, 6.45) is 3.88. The van der Waals surface area contributed by atoms with Gasteiger partial charge in [0.05, 0.1) is 5.69 Å². The minimum absolute atomic E-state index is 0.588. The molecule has 2 atom stereocenters. The van der Waals surface area contributed by atoms with Crippen molar-refractivity contribution in [3.63, 3.8) is 0 Å². The Hall–Kier alpha value is -1.16. The van der Waals surface area contributed by atoms with Crippen molar-refractivity contribution in [2.45, 2.75) is 51.7 Å². The van der Waals surface area contributed by atoms with Gasteiger partial charge in [0.2, 0.25) is 0 Å². The second kappa shape index (κ2) is 4.84. The molecule has 1 saturated heterocycles. The lowest BCUT2D eigenvalue weighted by molar-refractivity contribution is 0.624. The predicted molar refractivity (Wildman–Crippen MR) is 72.5 cm³/mol. The van der Waals surface area contributed by atoms with E-state index >= 15 is 0 Å². The molecule has 3 rings (SSSR count). The molecule has 0 amide bonds.